The molecule has 308 valence electrons. The number of nitrogens with one attached hydrogen (secondary N) is 2. The van der Waals surface area contributed by atoms with Gasteiger partial charge in [0, 0.05) is 30.7 Å². The van der Waals surface area contributed by atoms with Crippen molar-refractivity contribution < 1.29 is 80.8 Å². The summed E-state index contributed by atoms with van der Waals surface area (Å²) in [6.45, 7) is 2.66. The number of nitrogens with two attached hydrogens (primary N) is 1. The van der Waals surface area contributed by atoms with Gasteiger partial charge in [0.05, 0.1) is 25.0 Å². The molecule has 54 heavy (non-hydrogen) atoms. The minimum Gasteiger partial charge on any atom is -0.386 e. The number of rotatable bonds is 23. The number of nitrogens with zero attached hydrogens (tertiary/aromatic N) is 4. The first-order valence-corrected chi connectivity index (χ1v) is 21.8. The van der Waals surface area contributed by atoms with E-state index in [1.165, 1.54) is 25.6 Å². The first-order chi connectivity index (χ1) is 25.1. The average Bonchev–Trinajstić information content (AvgIpc) is 3.63. The molecule has 28 heteroatoms. The highest BCUT2D eigenvalue weighted by Crippen LogP contribution is 2.61. The van der Waals surface area contributed by atoms with Crippen LogP contribution in [-0.2, 0) is 45.9 Å². The van der Waals surface area contributed by atoms with E-state index in [4.69, 9.17) is 19.5 Å². The van der Waals surface area contributed by atoms with Gasteiger partial charge in [0.2, 0.25) is 11.8 Å². The molecular weight excluding hydrogens is 807 g/mol. The van der Waals surface area contributed by atoms with E-state index in [9.17, 15) is 58.2 Å². The summed E-state index contributed by atoms with van der Waals surface area (Å²) in [5.74, 6) is -0.904. The lowest BCUT2D eigenvalue weighted by Gasteiger charge is -2.30. The van der Waals surface area contributed by atoms with Crippen molar-refractivity contribution in [3.63, 3.8) is 0 Å². The largest absolute Gasteiger partial charge is 0.481 e. The number of aromatic nitrogens is 4. The zero-order valence-electron chi connectivity index (χ0n) is 29.3. The predicted molar refractivity (Wildman–Crippen MR) is 188 cm³/mol. The molecule has 2 aromatic rings. The highest BCUT2D eigenvalue weighted by molar-refractivity contribution is 7.99. The summed E-state index contributed by atoms with van der Waals surface area (Å²) in [6, 6.07) is 0. The molecule has 1 fully saturated rings. The van der Waals surface area contributed by atoms with Crippen LogP contribution in [0.2, 0.25) is 0 Å². The number of imidazole rings is 1. The second kappa shape index (κ2) is 19.8. The Bertz CT molecular complexity index is 1720. The third-order valence-electron chi connectivity index (χ3n) is 7.62. The molecule has 8 atom stereocenters. The number of carbonyl (C=O) groups excluding carboxylic acids is 2. The zero-order chi connectivity index (χ0) is 40.5. The van der Waals surface area contributed by atoms with Gasteiger partial charge in [-0.15, -0.1) is 11.8 Å². The van der Waals surface area contributed by atoms with Crippen LogP contribution in [0, 0.1) is 5.41 Å². The lowest BCUT2D eigenvalue weighted by atomic mass is 9.87. The van der Waals surface area contributed by atoms with Crippen molar-refractivity contribution >= 4 is 64.0 Å². The first kappa shape index (κ1) is 46.2. The fourth-order valence-electron chi connectivity index (χ4n) is 4.79. The summed E-state index contributed by atoms with van der Waals surface area (Å²) in [7, 11) is -16.4. The Hall–Kier alpha value is -2.15. The van der Waals surface area contributed by atoms with E-state index in [0.29, 0.717) is 18.7 Å². The summed E-state index contributed by atoms with van der Waals surface area (Å²) in [6.07, 6.45) is -4.34. The number of phosphoric ester groups is 3. The molecule has 11 N–H and O–H groups in total. The number of aliphatic hydroxyl groups is 3. The lowest BCUT2D eigenvalue weighted by molar-refractivity contribution is -0.137. The first-order valence-electron chi connectivity index (χ1n) is 16.2. The molecule has 1 aliphatic heterocycles. The summed E-state index contributed by atoms with van der Waals surface area (Å²) >= 11 is 1.30. The van der Waals surface area contributed by atoms with Crippen LogP contribution >= 0.6 is 35.2 Å². The molecule has 0 aromatic carbocycles. The van der Waals surface area contributed by atoms with E-state index in [0.717, 1.165) is 30.1 Å². The van der Waals surface area contributed by atoms with E-state index in [2.05, 4.69) is 34.4 Å². The zero-order valence-corrected chi connectivity index (χ0v) is 32.8. The van der Waals surface area contributed by atoms with Crippen LogP contribution in [0.1, 0.15) is 52.7 Å². The number of carbonyl (C=O) groups is 2. The number of ether oxygens (including phenoxy) is 1. The molecule has 24 nitrogen and oxygen atoms in total. The van der Waals surface area contributed by atoms with Crippen molar-refractivity contribution in [1.82, 2.24) is 30.2 Å². The molecule has 3 unspecified atom stereocenters. The number of amides is 2. The molecule has 2 amide bonds. The van der Waals surface area contributed by atoms with Crippen molar-refractivity contribution in [1.29, 1.82) is 0 Å². The van der Waals surface area contributed by atoms with E-state index in [1.807, 2.05) is 6.92 Å². The number of aliphatic hydroxyl groups excluding tert-OH is 3. The Kier molecular flexibility index (Phi) is 17.0. The van der Waals surface area contributed by atoms with Crippen LogP contribution in [0.3, 0.4) is 0 Å². The van der Waals surface area contributed by atoms with Gasteiger partial charge in [0.1, 0.15) is 36.3 Å². The van der Waals surface area contributed by atoms with Crippen LogP contribution in [0.5, 0.6) is 0 Å². The van der Waals surface area contributed by atoms with Crippen LogP contribution in [0.4, 0.5) is 5.82 Å². The summed E-state index contributed by atoms with van der Waals surface area (Å²) in [5.41, 5.74) is 3.76. The van der Waals surface area contributed by atoms with Crippen molar-refractivity contribution in [2.24, 2.45) is 5.41 Å². The fourth-order valence-corrected chi connectivity index (χ4v) is 8.44. The second-order valence-corrected chi connectivity index (χ2v) is 18.1. The quantitative estimate of drug-likeness (QED) is 0.0388. The smallest absolute Gasteiger partial charge is 0.386 e. The normalized spacial score (nSPS) is 22.7. The number of hydrogen-bond acceptors (Lipinski definition) is 18. The Morgan fingerprint density at radius 2 is 1.76 bits per heavy atom. The molecule has 0 spiro atoms. The van der Waals surface area contributed by atoms with Crippen LogP contribution in [0.15, 0.2) is 12.7 Å². The highest BCUT2D eigenvalue weighted by atomic mass is 32.2. The van der Waals surface area contributed by atoms with Crippen LogP contribution in [0.25, 0.3) is 11.2 Å². The molecule has 2 aromatic heterocycles. The molecule has 0 aliphatic carbocycles. The Balaban J connectivity index is 1.50. The second-order valence-electron chi connectivity index (χ2n) is 12.5. The van der Waals surface area contributed by atoms with E-state index < -0.39 is 90.0 Å². The molecular formula is C26H46N7O17P3S. The number of thioether (sulfide) groups is 1. The fraction of sp³-hybridized carbons (Fsp3) is 0.731. The summed E-state index contributed by atoms with van der Waals surface area (Å²) in [4.78, 5) is 75.5. The number of phosphoric acid groups is 3. The van der Waals surface area contributed by atoms with Gasteiger partial charge >= 0.3 is 23.5 Å². The Labute approximate surface area is 313 Å². The topological polar surface area (TPSA) is 367 Å². The van der Waals surface area contributed by atoms with Gasteiger partial charge in [-0.25, -0.2) is 28.6 Å². The molecule has 1 saturated heterocycles. The molecule has 0 radical (unpaired) electrons. The molecule has 1 aliphatic rings. The minimum atomic E-state index is -5.56. The molecule has 3 rings (SSSR count). The van der Waals surface area contributed by atoms with Crippen molar-refractivity contribution in [3.8, 4) is 0 Å². The predicted octanol–water partition coefficient (Wildman–Crippen LogP) is -0.353. The number of nitrogen functional groups attached to an aromatic ring is 1. The summed E-state index contributed by atoms with van der Waals surface area (Å²) < 4.78 is 62.0. The van der Waals surface area contributed by atoms with Gasteiger partial charge in [-0.2, -0.15) is 4.31 Å². The van der Waals surface area contributed by atoms with E-state index >= 15 is 0 Å². The van der Waals surface area contributed by atoms with E-state index in [-0.39, 0.29) is 29.9 Å². The van der Waals surface area contributed by atoms with Gasteiger partial charge in [0.15, 0.2) is 17.7 Å². The van der Waals surface area contributed by atoms with Crippen molar-refractivity contribution in [2.75, 3.05) is 37.8 Å². The van der Waals surface area contributed by atoms with E-state index in [1.54, 1.807) is 0 Å². The number of anilines is 1. The Morgan fingerprint density at radius 3 is 2.43 bits per heavy atom. The van der Waals surface area contributed by atoms with Crippen molar-refractivity contribution in [3.05, 3.63) is 12.7 Å². The molecule has 0 saturated carbocycles. The Morgan fingerprint density at radius 1 is 1.07 bits per heavy atom. The van der Waals surface area contributed by atoms with Gasteiger partial charge in [-0.05, 0) is 6.42 Å². The standard InChI is InChI=1S/C26H46N7O17P3S/c1-4-5-6-17(35)54-10-9-28-16(34)7-8-29-24(38)21(37)26(2,3)12-47-53(44,45)50-52(42,43)46-11-15-20(49-51(39,40)41)19(36)25(48-15)33-14-32-18-22(27)30-13-31-23(18)33/h13-15,17,19-21,25,35-37H,4-12H2,1-3H3,(H,28,34)(H,29,38)(H,42,43)(H,44,45)(H2,27,30,31)(H2,39,40,41)/t15-,17+,19-,20-,21?,25-/m1/s1. The van der Waals surface area contributed by atoms with Gasteiger partial charge in [0.25, 0.3) is 0 Å². The maximum atomic E-state index is 12.7. The minimum absolute atomic E-state index is 0.0340. The maximum Gasteiger partial charge on any atom is 0.481 e. The average molecular weight is 854 g/mol. The number of fused-ring (bicyclic) bond motifs is 1. The van der Waals surface area contributed by atoms with Gasteiger partial charge < -0.3 is 56.0 Å². The summed E-state index contributed by atoms with van der Waals surface area (Å²) in [5, 5.41) is 36.2. The van der Waals surface area contributed by atoms with Gasteiger partial charge in [-0.1, -0.05) is 33.6 Å². The molecule has 3 heterocycles. The van der Waals surface area contributed by atoms with Crippen molar-refractivity contribution in [2.45, 2.75) is 82.5 Å². The highest BCUT2D eigenvalue weighted by Gasteiger charge is 2.50. The molecule has 0 bridgehead atoms. The SMILES string of the molecule is CCCC[C@@H](O)SCCNC(=O)CCNC(=O)C(O)C(C)(C)COP(=O)(O)OP(=O)(O)OC[C@H]1O[C@@H](n2cnc3c(N)ncnc32)[C@H](O)[C@@H]1OP(=O)(O)O. The third-order valence-corrected chi connectivity index (χ3v) is 11.8. The van der Waals surface area contributed by atoms with Crippen LogP contribution in [-0.4, -0.2) is 128 Å². The lowest BCUT2D eigenvalue weighted by Crippen LogP contribution is -2.46. The van der Waals surface area contributed by atoms with Crippen LogP contribution < -0.4 is 16.4 Å². The number of unbranched alkanes of at least 4 members (excludes halogenated alkanes) is 1. The third kappa shape index (κ3) is 14.1. The maximum absolute atomic E-state index is 12.7. The van der Waals surface area contributed by atoms with Gasteiger partial charge in [-0.3, -0.25) is 27.7 Å². The monoisotopic (exact) mass is 853 g/mol. The number of hydrogen-bond donors (Lipinski definition) is 10.